The lowest BCUT2D eigenvalue weighted by Gasteiger charge is -2.31. The van der Waals surface area contributed by atoms with Crippen LogP contribution >= 0.6 is 11.3 Å². The molecule has 26 heavy (non-hydrogen) atoms. The normalized spacial score (nSPS) is 16.7. The Balaban J connectivity index is 1.49. The zero-order chi connectivity index (χ0) is 18.4. The van der Waals surface area contributed by atoms with E-state index in [9.17, 15) is 8.42 Å². The molecule has 0 atom stereocenters. The summed E-state index contributed by atoms with van der Waals surface area (Å²) in [4.78, 5) is 4.01. The average Bonchev–Trinajstić information content (AvgIpc) is 3.17. The van der Waals surface area contributed by atoms with Crippen molar-refractivity contribution in [3.05, 3.63) is 46.7 Å². The van der Waals surface area contributed by atoms with E-state index < -0.39 is 10.0 Å². The number of hydrogen-bond donors (Lipinski definition) is 1. The molecule has 0 saturated carbocycles. The number of piperidine rings is 1. The van der Waals surface area contributed by atoms with Crippen molar-refractivity contribution < 1.29 is 13.2 Å². The van der Waals surface area contributed by atoms with Crippen molar-refractivity contribution in [2.24, 2.45) is 0 Å². The lowest BCUT2D eigenvalue weighted by molar-refractivity contribution is 0.217. The summed E-state index contributed by atoms with van der Waals surface area (Å²) in [5.41, 5.74) is 0. The third kappa shape index (κ3) is 4.85. The van der Waals surface area contributed by atoms with Crippen LogP contribution in [0.5, 0.6) is 5.75 Å². The Morgan fingerprint density at radius 1 is 1.19 bits per heavy atom. The number of sulfonamides is 1. The number of benzene rings is 1. The quantitative estimate of drug-likeness (QED) is 0.746. The molecule has 2 heterocycles. The van der Waals surface area contributed by atoms with Gasteiger partial charge >= 0.3 is 0 Å². The van der Waals surface area contributed by atoms with E-state index in [-0.39, 0.29) is 4.90 Å². The molecule has 5 nitrogen and oxygen atoms in total. The van der Waals surface area contributed by atoms with E-state index in [1.54, 1.807) is 24.3 Å². The van der Waals surface area contributed by atoms with Gasteiger partial charge in [-0.05, 0) is 62.4 Å². The van der Waals surface area contributed by atoms with Gasteiger partial charge in [-0.2, -0.15) is 0 Å². The molecule has 142 valence electrons. The van der Waals surface area contributed by atoms with Crippen LogP contribution < -0.4 is 9.46 Å². The molecule has 0 aliphatic carbocycles. The van der Waals surface area contributed by atoms with Crippen LogP contribution in [0.1, 0.15) is 30.6 Å². The Hall–Kier alpha value is -1.41. The van der Waals surface area contributed by atoms with Crippen LogP contribution in [0.25, 0.3) is 0 Å². The van der Waals surface area contributed by atoms with E-state index >= 15 is 0 Å². The number of nitrogens with zero attached hydrogens (tertiary/aromatic N) is 1. The summed E-state index contributed by atoms with van der Waals surface area (Å²) in [7, 11) is -3.56. The van der Waals surface area contributed by atoms with Gasteiger partial charge in [0.15, 0.2) is 0 Å². The molecule has 0 radical (unpaired) electrons. The van der Waals surface area contributed by atoms with Crippen molar-refractivity contribution in [2.75, 3.05) is 32.8 Å². The minimum Gasteiger partial charge on any atom is -0.492 e. The Labute approximate surface area is 160 Å². The first-order valence-corrected chi connectivity index (χ1v) is 11.4. The van der Waals surface area contributed by atoms with Gasteiger partial charge in [-0.1, -0.05) is 18.2 Å². The van der Waals surface area contributed by atoms with E-state index in [1.807, 2.05) is 18.3 Å². The van der Waals surface area contributed by atoms with Crippen LogP contribution in [-0.2, 0) is 10.0 Å². The zero-order valence-electron chi connectivity index (χ0n) is 15.1. The predicted octanol–water partition coefficient (Wildman–Crippen LogP) is 3.30. The standard InChI is InChI=1S/C19H26N2O3S2/c1-2-24-17-6-3-4-8-19(17)26(22,23)20-11-14-21-12-9-16(10-13-21)18-7-5-15-25-18/h3-8,15-16,20H,2,9-14H2,1H3. The van der Waals surface area contributed by atoms with Crippen molar-refractivity contribution >= 4 is 21.4 Å². The molecule has 1 saturated heterocycles. The molecule has 0 bridgehead atoms. The van der Waals surface area contributed by atoms with Crippen molar-refractivity contribution in [1.82, 2.24) is 9.62 Å². The third-order valence-corrected chi connectivity index (χ3v) is 7.23. The highest BCUT2D eigenvalue weighted by molar-refractivity contribution is 7.89. The van der Waals surface area contributed by atoms with Crippen molar-refractivity contribution in [2.45, 2.75) is 30.6 Å². The Kier molecular flexibility index (Phi) is 6.69. The summed E-state index contributed by atoms with van der Waals surface area (Å²) in [5, 5.41) is 2.14. The second kappa shape index (κ2) is 8.99. The van der Waals surface area contributed by atoms with Crippen molar-refractivity contribution in [1.29, 1.82) is 0 Å². The number of thiophene rings is 1. The Morgan fingerprint density at radius 3 is 2.65 bits per heavy atom. The van der Waals surface area contributed by atoms with E-state index in [1.165, 1.54) is 4.88 Å². The fourth-order valence-corrected chi connectivity index (χ4v) is 5.39. The summed E-state index contributed by atoms with van der Waals surface area (Å²) in [6, 6.07) is 11.1. The molecule has 7 heteroatoms. The Bertz CT molecular complexity index is 783. The molecule has 1 aromatic heterocycles. The van der Waals surface area contributed by atoms with Crippen LogP contribution in [0.3, 0.4) is 0 Å². The van der Waals surface area contributed by atoms with Gasteiger partial charge in [-0.15, -0.1) is 11.3 Å². The maximum Gasteiger partial charge on any atom is 0.244 e. The summed E-state index contributed by atoms with van der Waals surface area (Å²) in [5.74, 6) is 1.06. The van der Waals surface area contributed by atoms with Gasteiger partial charge in [0.2, 0.25) is 10.0 Å². The molecule has 1 aliphatic rings. The van der Waals surface area contributed by atoms with Gasteiger partial charge in [0.1, 0.15) is 10.6 Å². The summed E-state index contributed by atoms with van der Waals surface area (Å²) >= 11 is 1.83. The maximum absolute atomic E-state index is 12.6. The average molecular weight is 395 g/mol. The number of ether oxygens (including phenoxy) is 1. The van der Waals surface area contributed by atoms with Gasteiger partial charge in [0.25, 0.3) is 0 Å². The van der Waals surface area contributed by atoms with Crippen LogP contribution in [0.4, 0.5) is 0 Å². The van der Waals surface area contributed by atoms with Crippen LogP contribution in [-0.4, -0.2) is 46.1 Å². The van der Waals surface area contributed by atoms with E-state index in [0.717, 1.165) is 32.5 Å². The molecular formula is C19H26N2O3S2. The zero-order valence-corrected chi connectivity index (χ0v) is 16.7. The molecule has 3 rings (SSSR count). The topological polar surface area (TPSA) is 58.6 Å². The first-order valence-electron chi connectivity index (χ1n) is 9.07. The maximum atomic E-state index is 12.6. The second-order valence-corrected chi connectivity index (χ2v) is 9.12. The fourth-order valence-electron chi connectivity index (χ4n) is 3.33. The lowest BCUT2D eigenvalue weighted by atomic mass is 9.95. The first kappa shape index (κ1) is 19.4. The van der Waals surface area contributed by atoms with Crippen LogP contribution in [0, 0.1) is 0 Å². The molecule has 1 aliphatic heterocycles. The predicted molar refractivity (Wildman–Crippen MR) is 106 cm³/mol. The fraction of sp³-hybridized carbons (Fsp3) is 0.474. The third-order valence-electron chi connectivity index (χ3n) is 4.69. The monoisotopic (exact) mass is 394 g/mol. The van der Waals surface area contributed by atoms with Gasteiger partial charge in [0, 0.05) is 18.0 Å². The highest BCUT2D eigenvalue weighted by atomic mass is 32.2. The molecular weight excluding hydrogens is 368 g/mol. The van der Waals surface area contributed by atoms with Crippen LogP contribution in [0.15, 0.2) is 46.7 Å². The number of hydrogen-bond acceptors (Lipinski definition) is 5. The van der Waals surface area contributed by atoms with Gasteiger partial charge in [-0.3, -0.25) is 0 Å². The number of para-hydroxylation sites is 1. The van der Waals surface area contributed by atoms with Gasteiger partial charge in [-0.25, -0.2) is 13.1 Å². The van der Waals surface area contributed by atoms with Crippen molar-refractivity contribution in [3.63, 3.8) is 0 Å². The highest BCUT2D eigenvalue weighted by Crippen LogP contribution is 2.30. The summed E-state index contributed by atoms with van der Waals surface area (Å²) in [6.07, 6.45) is 2.28. The smallest absolute Gasteiger partial charge is 0.244 e. The SMILES string of the molecule is CCOc1ccccc1S(=O)(=O)NCCN1CCC(c2cccs2)CC1. The number of likely N-dealkylation sites (tertiary alicyclic amines) is 1. The minimum atomic E-state index is -3.56. The molecule has 1 N–H and O–H groups in total. The van der Waals surface area contributed by atoms with E-state index in [4.69, 9.17) is 4.74 Å². The molecule has 0 spiro atoms. The van der Waals surface area contributed by atoms with E-state index in [0.29, 0.717) is 24.8 Å². The van der Waals surface area contributed by atoms with Gasteiger partial charge < -0.3 is 9.64 Å². The van der Waals surface area contributed by atoms with Crippen LogP contribution in [0.2, 0.25) is 0 Å². The lowest BCUT2D eigenvalue weighted by Crippen LogP contribution is -2.39. The molecule has 1 aromatic carbocycles. The molecule has 2 aromatic rings. The second-order valence-electron chi connectivity index (χ2n) is 6.41. The van der Waals surface area contributed by atoms with E-state index in [2.05, 4.69) is 27.1 Å². The largest absolute Gasteiger partial charge is 0.492 e. The highest BCUT2D eigenvalue weighted by Gasteiger charge is 2.22. The van der Waals surface area contributed by atoms with Gasteiger partial charge in [0.05, 0.1) is 6.61 Å². The summed E-state index contributed by atoms with van der Waals surface area (Å²) < 4.78 is 33.3. The van der Waals surface area contributed by atoms with Crippen molar-refractivity contribution in [3.8, 4) is 5.75 Å². The minimum absolute atomic E-state index is 0.207. The summed E-state index contributed by atoms with van der Waals surface area (Å²) in [6.45, 7) is 5.45. The molecule has 0 unspecified atom stereocenters. The Morgan fingerprint density at radius 2 is 1.96 bits per heavy atom. The molecule has 1 fully saturated rings. The molecule has 0 amide bonds. The number of rotatable bonds is 8. The number of nitrogens with one attached hydrogen (secondary N) is 1. The first-order chi connectivity index (χ1) is 12.6.